The second-order valence-electron chi connectivity index (χ2n) is 6.75. The molecule has 162 valence electrons. The van der Waals surface area contributed by atoms with Crippen LogP contribution in [0.4, 0.5) is 5.69 Å². The summed E-state index contributed by atoms with van der Waals surface area (Å²) in [5.41, 5.74) is 1.73. The van der Waals surface area contributed by atoms with Crippen molar-refractivity contribution in [3.05, 3.63) is 99.0 Å². The van der Waals surface area contributed by atoms with Crippen LogP contribution in [0.15, 0.2) is 76.8 Å². The van der Waals surface area contributed by atoms with E-state index in [9.17, 15) is 20.1 Å². The van der Waals surface area contributed by atoms with Gasteiger partial charge in [-0.25, -0.2) is 4.79 Å². The molecule has 0 aromatic heterocycles. The second kappa shape index (κ2) is 10.8. The van der Waals surface area contributed by atoms with E-state index in [1.807, 2.05) is 6.07 Å². The van der Waals surface area contributed by atoms with Crippen LogP contribution in [0.3, 0.4) is 0 Å². The van der Waals surface area contributed by atoms with Crippen molar-refractivity contribution in [3.63, 3.8) is 0 Å². The first-order valence-electron chi connectivity index (χ1n) is 9.58. The maximum absolute atomic E-state index is 12.7. The smallest absolute Gasteiger partial charge is 0.335 e. The molecule has 0 spiro atoms. The van der Waals surface area contributed by atoms with E-state index in [-0.39, 0.29) is 23.4 Å². The predicted molar refractivity (Wildman–Crippen MR) is 125 cm³/mol. The number of anilines is 1. The highest BCUT2D eigenvalue weighted by atomic mass is 79.9. The molecule has 0 atom stereocenters. The van der Waals surface area contributed by atoms with Gasteiger partial charge in [0, 0.05) is 21.3 Å². The molecule has 0 fully saturated rings. The van der Waals surface area contributed by atoms with Gasteiger partial charge in [-0.2, -0.15) is 10.5 Å². The zero-order chi connectivity index (χ0) is 23.8. The normalized spacial score (nSPS) is 10.6. The molecule has 3 rings (SSSR count). The number of carboxylic acid groups (broad SMARTS) is 1. The molecule has 8 heteroatoms. The summed E-state index contributed by atoms with van der Waals surface area (Å²) >= 11 is 3.37. The fraction of sp³-hybridized carbons (Fsp3) is 0.0400. The van der Waals surface area contributed by atoms with E-state index >= 15 is 0 Å². The van der Waals surface area contributed by atoms with Gasteiger partial charge in [0.05, 0.1) is 17.2 Å². The maximum atomic E-state index is 12.7. The molecule has 0 aliphatic carbocycles. The van der Waals surface area contributed by atoms with E-state index in [1.54, 1.807) is 42.5 Å². The number of hydrogen-bond acceptors (Lipinski definition) is 5. The van der Waals surface area contributed by atoms with Crippen molar-refractivity contribution >= 4 is 39.6 Å². The van der Waals surface area contributed by atoms with E-state index in [0.29, 0.717) is 26.9 Å². The molecular formula is C25H16BrN3O4. The van der Waals surface area contributed by atoms with Gasteiger partial charge in [0.1, 0.15) is 24.0 Å². The minimum Gasteiger partial charge on any atom is -0.488 e. The van der Waals surface area contributed by atoms with Crippen molar-refractivity contribution in [1.29, 1.82) is 10.5 Å². The lowest BCUT2D eigenvalue weighted by molar-refractivity contribution is -0.112. The average molecular weight is 502 g/mol. The van der Waals surface area contributed by atoms with E-state index in [4.69, 9.17) is 9.84 Å². The van der Waals surface area contributed by atoms with Crippen LogP contribution in [0.2, 0.25) is 0 Å². The number of carbonyl (C=O) groups is 2. The predicted octanol–water partition coefficient (Wildman–Crippen LogP) is 5.14. The first-order valence-corrected chi connectivity index (χ1v) is 10.4. The summed E-state index contributed by atoms with van der Waals surface area (Å²) in [4.78, 5) is 23.8. The third kappa shape index (κ3) is 6.07. The number of nitrogens with one attached hydrogen (secondary N) is 1. The third-order valence-electron chi connectivity index (χ3n) is 4.53. The van der Waals surface area contributed by atoms with E-state index in [0.717, 1.165) is 0 Å². The van der Waals surface area contributed by atoms with Crippen molar-refractivity contribution in [2.24, 2.45) is 0 Å². The van der Waals surface area contributed by atoms with Gasteiger partial charge in [-0.3, -0.25) is 4.79 Å². The number of carboxylic acids is 1. The van der Waals surface area contributed by atoms with Gasteiger partial charge in [0.15, 0.2) is 0 Å². The number of aromatic carboxylic acids is 1. The number of rotatable bonds is 7. The molecule has 3 aromatic rings. The molecule has 0 aliphatic rings. The van der Waals surface area contributed by atoms with Crippen LogP contribution in [-0.4, -0.2) is 17.0 Å². The van der Waals surface area contributed by atoms with E-state index < -0.39 is 11.9 Å². The van der Waals surface area contributed by atoms with Crippen LogP contribution in [-0.2, 0) is 11.4 Å². The number of halogens is 1. The molecule has 33 heavy (non-hydrogen) atoms. The largest absolute Gasteiger partial charge is 0.488 e. The number of carbonyl (C=O) groups excluding carboxylic acids is 1. The number of nitrogens with zero attached hydrogens (tertiary/aromatic N) is 2. The van der Waals surface area contributed by atoms with Gasteiger partial charge >= 0.3 is 5.97 Å². The standard InChI is InChI=1S/C25H16BrN3O4/c26-21-8-9-23(33-15-18-5-2-1-4-17(18)13-27)19(11-21)10-20(14-28)24(30)29-22-7-3-6-16(12-22)25(31)32/h1-12H,15H2,(H,29,30)(H,31,32)/b20-10-. The van der Waals surface area contributed by atoms with Gasteiger partial charge in [-0.1, -0.05) is 40.2 Å². The van der Waals surface area contributed by atoms with E-state index in [2.05, 4.69) is 27.3 Å². The molecule has 0 unspecified atom stereocenters. The Morgan fingerprint density at radius 1 is 1.06 bits per heavy atom. The van der Waals surface area contributed by atoms with E-state index in [1.165, 1.54) is 30.3 Å². The molecule has 0 bridgehead atoms. The van der Waals surface area contributed by atoms with Gasteiger partial charge in [0.2, 0.25) is 0 Å². The Kier molecular flexibility index (Phi) is 7.59. The molecule has 7 nitrogen and oxygen atoms in total. The van der Waals surface area contributed by atoms with Gasteiger partial charge in [-0.15, -0.1) is 0 Å². The van der Waals surface area contributed by atoms with Crippen LogP contribution < -0.4 is 10.1 Å². The lowest BCUT2D eigenvalue weighted by Gasteiger charge is -2.11. The Labute approximate surface area is 198 Å². The van der Waals surface area contributed by atoms with Crippen LogP contribution in [0, 0.1) is 22.7 Å². The lowest BCUT2D eigenvalue weighted by Crippen LogP contribution is -2.14. The van der Waals surface area contributed by atoms with Gasteiger partial charge in [0.25, 0.3) is 5.91 Å². The Morgan fingerprint density at radius 2 is 1.85 bits per heavy atom. The number of hydrogen-bond donors (Lipinski definition) is 2. The molecular weight excluding hydrogens is 486 g/mol. The molecule has 2 N–H and O–H groups in total. The summed E-state index contributed by atoms with van der Waals surface area (Å²) in [6.07, 6.45) is 1.38. The summed E-state index contributed by atoms with van der Waals surface area (Å²) < 4.78 is 6.60. The average Bonchev–Trinajstić information content (AvgIpc) is 2.82. The van der Waals surface area contributed by atoms with Crippen LogP contribution in [0.1, 0.15) is 27.0 Å². The SMILES string of the molecule is N#C/C(=C/c1cc(Br)ccc1OCc1ccccc1C#N)C(=O)Nc1cccc(C(=O)O)c1. The first kappa shape index (κ1) is 23.3. The zero-order valence-electron chi connectivity index (χ0n) is 17.1. The van der Waals surface area contributed by atoms with Crippen molar-refractivity contribution in [2.75, 3.05) is 5.32 Å². The fourth-order valence-electron chi connectivity index (χ4n) is 2.91. The Bertz CT molecular complexity index is 1340. The Balaban J connectivity index is 1.86. The number of benzene rings is 3. The molecule has 0 radical (unpaired) electrons. The highest BCUT2D eigenvalue weighted by molar-refractivity contribution is 9.10. The summed E-state index contributed by atoms with van der Waals surface area (Å²) in [7, 11) is 0. The minimum absolute atomic E-state index is 0.00983. The maximum Gasteiger partial charge on any atom is 0.335 e. The quantitative estimate of drug-likeness (QED) is 0.341. The van der Waals surface area contributed by atoms with Crippen molar-refractivity contribution in [1.82, 2.24) is 0 Å². The monoisotopic (exact) mass is 501 g/mol. The highest BCUT2D eigenvalue weighted by Gasteiger charge is 2.13. The lowest BCUT2D eigenvalue weighted by atomic mass is 10.1. The summed E-state index contributed by atoms with van der Waals surface area (Å²) in [6, 6.07) is 21.9. The summed E-state index contributed by atoms with van der Waals surface area (Å²) in [6.45, 7) is 0.127. The van der Waals surface area contributed by atoms with Gasteiger partial charge in [-0.05, 0) is 48.5 Å². The Morgan fingerprint density at radius 3 is 2.58 bits per heavy atom. The first-order chi connectivity index (χ1) is 15.9. The molecule has 0 aliphatic heterocycles. The molecule has 0 saturated carbocycles. The number of nitriles is 2. The number of amides is 1. The summed E-state index contributed by atoms with van der Waals surface area (Å²) in [5, 5.41) is 30.4. The third-order valence-corrected chi connectivity index (χ3v) is 5.02. The van der Waals surface area contributed by atoms with Crippen molar-refractivity contribution < 1.29 is 19.4 Å². The van der Waals surface area contributed by atoms with Crippen LogP contribution in [0.5, 0.6) is 5.75 Å². The van der Waals surface area contributed by atoms with Crippen molar-refractivity contribution in [3.8, 4) is 17.9 Å². The minimum atomic E-state index is -1.13. The molecule has 0 heterocycles. The molecule has 1 amide bonds. The van der Waals surface area contributed by atoms with Crippen LogP contribution >= 0.6 is 15.9 Å². The topological polar surface area (TPSA) is 123 Å². The van der Waals surface area contributed by atoms with Crippen LogP contribution in [0.25, 0.3) is 6.08 Å². The number of ether oxygens (including phenoxy) is 1. The van der Waals surface area contributed by atoms with Crippen molar-refractivity contribution in [2.45, 2.75) is 6.61 Å². The zero-order valence-corrected chi connectivity index (χ0v) is 18.7. The summed E-state index contributed by atoms with van der Waals surface area (Å²) in [5.74, 6) is -1.41. The second-order valence-corrected chi connectivity index (χ2v) is 7.67. The van der Waals surface area contributed by atoms with Gasteiger partial charge < -0.3 is 15.2 Å². The molecule has 3 aromatic carbocycles. The fourth-order valence-corrected chi connectivity index (χ4v) is 3.29. The Hall–Kier alpha value is -4.40. The molecule has 0 saturated heterocycles. The highest BCUT2D eigenvalue weighted by Crippen LogP contribution is 2.27.